The summed E-state index contributed by atoms with van der Waals surface area (Å²) in [5.74, 6) is 0.749. The van der Waals surface area contributed by atoms with Gasteiger partial charge in [0.15, 0.2) is 0 Å². The van der Waals surface area contributed by atoms with Gasteiger partial charge in [0.1, 0.15) is 0 Å². The van der Waals surface area contributed by atoms with Gasteiger partial charge in [-0.2, -0.15) is 4.68 Å². The fourth-order valence-electron chi connectivity index (χ4n) is 2.08. The fraction of sp³-hybridized carbons (Fsp3) is 0.364. The molecule has 3 rings (SSSR count). The molecule has 0 bridgehead atoms. The van der Waals surface area contributed by atoms with Gasteiger partial charge in [-0.3, -0.25) is 0 Å². The molecule has 1 aromatic carbocycles. The minimum atomic E-state index is -0.131. The largest absolute Gasteiger partial charge is 0.336 e. The predicted octanol–water partition coefficient (Wildman–Crippen LogP) is 0.200. The second-order valence-corrected chi connectivity index (χ2v) is 4.74. The number of para-hydroxylation sites is 1. The molecule has 0 aliphatic carbocycles. The van der Waals surface area contributed by atoms with E-state index in [1.54, 1.807) is 4.68 Å². The third-order valence-corrected chi connectivity index (χ3v) is 2.84. The zero-order chi connectivity index (χ0) is 11.9. The number of tetrazole rings is 1. The van der Waals surface area contributed by atoms with Gasteiger partial charge >= 0.3 is 0 Å². The first-order chi connectivity index (χ1) is 8.16. The Morgan fingerprint density at radius 2 is 1.94 bits per heavy atom. The van der Waals surface area contributed by atoms with Crippen LogP contribution in [-0.2, 0) is 0 Å². The van der Waals surface area contributed by atoms with Crippen LogP contribution in [0.5, 0.6) is 0 Å². The molecule has 1 aromatic heterocycles. The lowest BCUT2D eigenvalue weighted by Crippen LogP contribution is -2.66. The highest BCUT2D eigenvalue weighted by Gasteiger charge is 2.37. The minimum Gasteiger partial charge on any atom is -0.336 e. The first-order valence-corrected chi connectivity index (χ1v) is 5.53. The van der Waals surface area contributed by atoms with E-state index in [0.717, 1.165) is 24.7 Å². The molecule has 2 N–H and O–H groups in total. The number of nitrogens with two attached hydrogens (primary N) is 1. The van der Waals surface area contributed by atoms with Gasteiger partial charge in [-0.15, -0.1) is 0 Å². The standard InChI is InChI=1S/C11H14N6/c1-11(12)7-16(8-11)10-13-14-15-17(10)9-5-3-2-4-6-9/h2-6H,7-8,12H2,1H3. The van der Waals surface area contributed by atoms with Crippen molar-refractivity contribution in [1.82, 2.24) is 20.2 Å². The van der Waals surface area contributed by atoms with E-state index >= 15 is 0 Å². The van der Waals surface area contributed by atoms with Crippen LogP contribution >= 0.6 is 0 Å². The lowest BCUT2D eigenvalue weighted by Gasteiger charge is -2.45. The third-order valence-electron chi connectivity index (χ3n) is 2.84. The molecule has 0 atom stereocenters. The van der Waals surface area contributed by atoms with Gasteiger partial charge in [0.2, 0.25) is 5.95 Å². The lowest BCUT2D eigenvalue weighted by atomic mass is 9.94. The molecule has 0 spiro atoms. The summed E-state index contributed by atoms with van der Waals surface area (Å²) in [4.78, 5) is 2.08. The molecule has 1 aliphatic rings. The van der Waals surface area contributed by atoms with E-state index in [0.29, 0.717) is 0 Å². The molecule has 6 heteroatoms. The molecule has 0 radical (unpaired) electrons. The van der Waals surface area contributed by atoms with Crippen molar-refractivity contribution >= 4 is 5.95 Å². The minimum absolute atomic E-state index is 0.131. The van der Waals surface area contributed by atoms with Gasteiger partial charge in [-0.1, -0.05) is 23.3 Å². The van der Waals surface area contributed by atoms with Crippen LogP contribution in [0.3, 0.4) is 0 Å². The molecule has 0 amide bonds. The van der Waals surface area contributed by atoms with Crippen molar-refractivity contribution in [2.45, 2.75) is 12.5 Å². The molecule has 1 saturated heterocycles. The normalized spacial score (nSPS) is 17.9. The molecule has 17 heavy (non-hydrogen) atoms. The van der Waals surface area contributed by atoms with Crippen molar-refractivity contribution in [1.29, 1.82) is 0 Å². The van der Waals surface area contributed by atoms with E-state index in [1.807, 2.05) is 37.3 Å². The predicted molar refractivity (Wildman–Crippen MR) is 64.0 cm³/mol. The summed E-state index contributed by atoms with van der Waals surface area (Å²) in [6.07, 6.45) is 0. The van der Waals surface area contributed by atoms with E-state index in [-0.39, 0.29) is 5.54 Å². The summed E-state index contributed by atoms with van der Waals surface area (Å²) in [5, 5.41) is 11.8. The highest BCUT2D eigenvalue weighted by atomic mass is 15.6. The van der Waals surface area contributed by atoms with Crippen LogP contribution < -0.4 is 10.6 Å². The van der Waals surface area contributed by atoms with E-state index in [9.17, 15) is 0 Å². The van der Waals surface area contributed by atoms with Crippen LogP contribution in [0.2, 0.25) is 0 Å². The molecule has 1 aliphatic heterocycles. The first kappa shape index (κ1) is 10.2. The number of aromatic nitrogens is 4. The summed E-state index contributed by atoms with van der Waals surface area (Å²) in [6, 6.07) is 9.84. The Morgan fingerprint density at radius 1 is 1.24 bits per heavy atom. The molecule has 2 heterocycles. The van der Waals surface area contributed by atoms with Gasteiger partial charge in [-0.05, 0) is 29.5 Å². The quantitative estimate of drug-likeness (QED) is 0.797. The SMILES string of the molecule is CC1(N)CN(c2nnnn2-c2ccccc2)C1. The van der Waals surface area contributed by atoms with E-state index < -0.39 is 0 Å². The third kappa shape index (κ3) is 1.76. The topological polar surface area (TPSA) is 72.9 Å². The maximum Gasteiger partial charge on any atom is 0.250 e. The molecular weight excluding hydrogens is 216 g/mol. The van der Waals surface area contributed by atoms with Gasteiger partial charge in [0, 0.05) is 18.6 Å². The Balaban J connectivity index is 1.91. The van der Waals surface area contributed by atoms with Crippen molar-refractivity contribution in [2.75, 3.05) is 18.0 Å². The van der Waals surface area contributed by atoms with Crippen LogP contribution in [0.15, 0.2) is 30.3 Å². The Hall–Kier alpha value is -1.95. The monoisotopic (exact) mass is 230 g/mol. The fourth-order valence-corrected chi connectivity index (χ4v) is 2.08. The second-order valence-electron chi connectivity index (χ2n) is 4.74. The summed E-state index contributed by atoms with van der Waals surface area (Å²) in [5.41, 5.74) is 6.81. The molecule has 0 unspecified atom stereocenters. The number of hydrogen-bond donors (Lipinski definition) is 1. The maximum atomic E-state index is 5.99. The first-order valence-electron chi connectivity index (χ1n) is 5.53. The number of benzene rings is 1. The van der Waals surface area contributed by atoms with Crippen molar-refractivity contribution in [3.05, 3.63) is 30.3 Å². The number of anilines is 1. The molecule has 6 nitrogen and oxygen atoms in total. The van der Waals surface area contributed by atoms with Crippen molar-refractivity contribution in [3.8, 4) is 5.69 Å². The van der Waals surface area contributed by atoms with Gasteiger partial charge in [0.05, 0.1) is 5.69 Å². The number of hydrogen-bond acceptors (Lipinski definition) is 5. The molecule has 1 fully saturated rings. The molecule has 0 saturated carbocycles. The lowest BCUT2D eigenvalue weighted by molar-refractivity contribution is 0.358. The van der Waals surface area contributed by atoms with Gasteiger partial charge in [-0.25, -0.2) is 0 Å². The Kier molecular flexibility index (Phi) is 2.12. The van der Waals surface area contributed by atoms with Crippen LogP contribution in [0.1, 0.15) is 6.92 Å². The van der Waals surface area contributed by atoms with E-state index in [1.165, 1.54) is 0 Å². The highest BCUT2D eigenvalue weighted by Crippen LogP contribution is 2.24. The summed E-state index contributed by atoms with van der Waals surface area (Å²) < 4.78 is 1.73. The Labute approximate surface area is 99.0 Å². The summed E-state index contributed by atoms with van der Waals surface area (Å²) in [6.45, 7) is 3.58. The highest BCUT2D eigenvalue weighted by molar-refractivity contribution is 5.44. The smallest absolute Gasteiger partial charge is 0.250 e. The van der Waals surface area contributed by atoms with E-state index in [4.69, 9.17) is 5.73 Å². The van der Waals surface area contributed by atoms with Crippen LogP contribution in [-0.4, -0.2) is 38.8 Å². The van der Waals surface area contributed by atoms with Crippen molar-refractivity contribution in [3.63, 3.8) is 0 Å². The second kappa shape index (κ2) is 3.53. The van der Waals surface area contributed by atoms with Crippen LogP contribution in [0, 0.1) is 0 Å². The van der Waals surface area contributed by atoms with Crippen molar-refractivity contribution in [2.24, 2.45) is 5.73 Å². The maximum absolute atomic E-state index is 5.99. The number of nitrogens with zero attached hydrogens (tertiary/aromatic N) is 5. The average molecular weight is 230 g/mol. The summed E-state index contributed by atoms with van der Waals surface area (Å²) in [7, 11) is 0. The van der Waals surface area contributed by atoms with Crippen LogP contribution in [0.25, 0.3) is 5.69 Å². The number of rotatable bonds is 2. The van der Waals surface area contributed by atoms with Gasteiger partial charge < -0.3 is 10.6 Å². The van der Waals surface area contributed by atoms with E-state index in [2.05, 4.69) is 20.4 Å². The van der Waals surface area contributed by atoms with Crippen molar-refractivity contribution < 1.29 is 0 Å². The zero-order valence-corrected chi connectivity index (χ0v) is 9.61. The summed E-state index contributed by atoms with van der Waals surface area (Å²) >= 11 is 0. The molecule has 88 valence electrons. The van der Waals surface area contributed by atoms with Crippen LogP contribution in [0.4, 0.5) is 5.95 Å². The average Bonchev–Trinajstić information content (AvgIpc) is 2.75. The Morgan fingerprint density at radius 3 is 2.59 bits per heavy atom. The molecule has 2 aromatic rings. The zero-order valence-electron chi connectivity index (χ0n) is 9.61. The molecular formula is C11H14N6. The Bertz CT molecular complexity index is 510. The van der Waals surface area contributed by atoms with Gasteiger partial charge in [0.25, 0.3) is 0 Å².